The van der Waals surface area contributed by atoms with Gasteiger partial charge in [0.15, 0.2) is 5.69 Å². The van der Waals surface area contributed by atoms with Crippen LogP contribution in [0, 0.1) is 10.1 Å². The molecule has 1 aromatic heterocycles. The third kappa shape index (κ3) is 3.83. The van der Waals surface area contributed by atoms with Crippen molar-refractivity contribution in [1.82, 2.24) is 19.9 Å². The number of nitro benzene ring substituents is 1. The molecule has 3 heterocycles. The number of hydrogen-bond donors (Lipinski definition) is 1. The van der Waals surface area contributed by atoms with Gasteiger partial charge in [0.05, 0.1) is 34.2 Å². The Kier molecular flexibility index (Phi) is 5.13. The van der Waals surface area contributed by atoms with Gasteiger partial charge in [-0.05, 0) is 24.6 Å². The molecule has 2 aliphatic heterocycles. The molecule has 0 spiro atoms. The average molecular weight is 447 g/mol. The number of nitrogens with zero attached hydrogens (tertiary/aromatic N) is 5. The fraction of sp³-hybridized carbons (Fsp3) is 0.389. The van der Waals surface area contributed by atoms with Crippen molar-refractivity contribution in [3.8, 4) is 0 Å². The zero-order valence-corrected chi connectivity index (χ0v) is 17.0. The lowest BCUT2D eigenvalue weighted by Gasteiger charge is -2.36. The normalized spacial score (nSPS) is 24.4. The lowest BCUT2D eigenvalue weighted by Crippen LogP contribution is -2.58. The van der Waals surface area contributed by atoms with E-state index < -0.39 is 27.7 Å². The smallest absolute Gasteiger partial charge is 0.360 e. The molecule has 2 aliphatic rings. The number of ether oxygens (including phenoxy) is 1. The molecule has 2 saturated heterocycles. The number of rotatable bonds is 7. The number of thioether (sulfide) groups is 1. The third-order valence-corrected chi connectivity index (χ3v) is 6.74. The number of carbonyl (C=O) groups excluding carboxylic acids is 2. The van der Waals surface area contributed by atoms with Gasteiger partial charge in [0.25, 0.3) is 5.69 Å². The molecule has 3 atom stereocenters. The summed E-state index contributed by atoms with van der Waals surface area (Å²) in [6.07, 6.45) is 1.67. The van der Waals surface area contributed by atoms with Gasteiger partial charge < -0.3 is 14.7 Å². The van der Waals surface area contributed by atoms with Crippen LogP contribution in [0.15, 0.2) is 30.5 Å². The highest BCUT2D eigenvalue weighted by Gasteiger charge is 2.60. The molecule has 3 unspecified atom stereocenters. The number of carboxylic acid groups (broad SMARTS) is 1. The monoisotopic (exact) mass is 447 g/mol. The molecule has 162 valence electrons. The van der Waals surface area contributed by atoms with Gasteiger partial charge in [-0.15, -0.1) is 16.9 Å². The highest BCUT2D eigenvalue weighted by Crippen LogP contribution is 2.51. The van der Waals surface area contributed by atoms with Crippen molar-refractivity contribution in [2.45, 2.75) is 42.7 Å². The highest BCUT2D eigenvalue weighted by atomic mass is 32.2. The van der Waals surface area contributed by atoms with Gasteiger partial charge in [-0.1, -0.05) is 5.21 Å². The minimum Gasteiger partial charge on any atom is -0.480 e. The molecule has 4 rings (SSSR count). The van der Waals surface area contributed by atoms with E-state index in [-0.39, 0.29) is 35.8 Å². The van der Waals surface area contributed by atoms with E-state index in [1.54, 1.807) is 6.92 Å². The van der Waals surface area contributed by atoms with Crippen molar-refractivity contribution < 1.29 is 29.2 Å². The largest absolute Gasteiger partial charge is 0.480 e. The lowest BCUT2D eigenvalue weighted by atomic mass is 9.96. The Labute approximate surface area is 179 Å². The lowest BCUT2D eigenvalue weighted by molar-refractivity contribution is -0.384. The van der Waals surface area contributed by atoms with E-state index in [4.69, 9.17) is 4.74 Å². The van der Waals surface area contributed by atoms with Gasteiger partial charge in [0, 0.05) is 12.1 Å². The maximum Gasteiger partial charge on any atom is 0.360 e. The van der Waals surface area contributed by atoms with E-state index in [0.29, 0.717) is 12.0 Å². The standard InChI is InChI=1S/C18H17N5O7S/c1-18(15(16(25)26)22-13(24)6-14(22)31-18)9-21-7-12(19-20-21)17(27)30-8-10-2-4-11(5-3-10)23(28)29/h2-5,7,14-15H,6,8-9H2,1H3,(H,25,26). The number of carboxylic acids is 1. The number of fused-ring (bicyclic) bond motifs is 1. The summed E-state index contributed by atoms with van der Waals surface area (Å²) in [5, 5.41) is 27.8. The third-order valence-electron chi connectivity index (χ3n) is 5.18. The van der Waals surface area contributed by atoms with Crippen LogP contribution in [-0.4, -0.2) is 63.9 Å². The zero-order chi connectivity index (χ0) is 22.3. The Morgan fingerprint density at radius 1 is 1.39 bits per heavy atom. The second kappa shape index (κ2) is 7.65. The Hall–Kier alpha value is -3.48. The highest BCUT2D eigenvalue weighted by molar-refractivity contribution is 8.01. The molecule has 2 aromatic rings. The minimum absolute atomic E-state index is 0.0558. The van der Waals surface area contributed by atoms with Crippen molar-refractivity contribution in [2.24, 2.45) is 0 Å². The first-order valence-electron chi connectivity index (χ1n) is 9.20. The van der Waals surface area contributed by atoms with Crippen molar-refractivity contribution in [3.63, 3.8) is 0 Å². The first-order chi connectivity index (χ1) is 14.7. The molecule has 1 N–H and O–H groups in total. The molecule has 0 radical (unpaired) electrons. The van der Waals surface area contributed by atoms with Crippen LogP contribution < -0.4 is 0 Å². The van der Waals surface area contributed by atoms with Crippen LogP contribution in [0.4, 0.5) is 5.69 Å². The minimum atomic E-state index is -1.09. The molecule has 1 aromatic carbocycles. The number of nitro groups is 1. The van der Waals surface area contributed by atoms with Gasteiger partial charge in [-0.25, -0.2) is 9.59 Å². The number of aliphatic carboxylic acids is 1. The molecular formula is C18H17N5O7S. The Balaban J connectivity index is 1.39. The summed E-state index contributed by atoms with van der Waals surface area (Å²) in [5.74, 6) is -2.02. The molecule has 13 heteroatoms. The molecule has 31 heavy (non-hydrogen) atoms. The fourth-order valence-electron chi connectivity index (χ4n) is 3.71. The summed E-state index contributed by atoms with van der Waals surface area (Å²) in [7, 11) is 0. The van der Waals surface area contributed by atoms with Crippen molar-refractivity contribution >= 4 is 35.3 Å². The number of carbonyl (C=O) groups is 3. The predicted octanol–water partition coefficient (Wildman–Crippen LogP) is 1.06. The average Bonchev–Trinajstić information content (AvgIpc) is 3.26. The Morgan fingerprint density at radius 3 is 2.71 bits per heavy atom. The predicted molar refractivity (Wildman–Crippen MR) is 105 cm³/mol. The Bertz CT molecular complexity index is 1070. The first-order valence-corrected chi connectivity index (χ1v) is 10.1. The molecule has 2 fully saturated rings. The maximum absolute atomic E-state index is 12.3. The summed E-state index contributed by atoms with van der Waals surface area (Å²) >= 11 is 1.40. The second-order valence-electron chi connectivity index (χ2n) is 7.43. The van der Waals surface area contributed by atoms with Crippen LogP contribution in [0.2, 0.25) is 0 Å². The topological polar surface area (TPSA) is 158 Å². The summed E-state index contributed by atoms with van der Waals surface area (Å²) in [6.45, 7) is 1.78. The zero-order valence-electron chi connectivity index (χ0n) is 16.2. The van der Waals surface area contributed by atoms with Crippen molar-refractivity contribution in [1.29, 1.82) is 0 Å². The molecular weight excluding hydrogens is 430 g/mol. The fourth-order valence-corrected chi connectivity index (χ4v) is 5.46. The number of non-ortho nitro benzene ring substituents is 1. The van der Waals surface area contributed by atoms with E-state index in [9.17, 15) is 29.6 Å². The van der Waals surface area contributed by atoms with Crippen molar-refractivity contribution in [3.05, 3.63) is 51.8 Å². The number of benzene rings is 1. The van der Waals surface area contributed by atoms with E-state index in [0.717, 1.165) is 0 Å². The number of aromatic nitrogens is 3. The van der Waals surface area contributed by atoms with Crippen molar-refractivity contribution in [2.75, 3.05) is 0 Å². The molecule has 0 saturated carbocycles. The summed E-state index contributed by atoms with van der Waals surface area (Å²) < 4.78 is 5.69. The van der Waals surface area contributed by atoms with Gasteiger partial charge in [-0.3, -0.25) is 19.6 Å². The Morgan fingerprint density at radius 2 is 2.10 bits per heavy atom. The molecule has 12 nitrogen and oxygen atoms in total. The quantitative estimate of drug-likeness (QED) is 0.281. The SMILES string of the molecule is CC1(Cn2cc(C(=O)OCc3ccc([N+](=O)[O-])cc3)nn2)SC2CC(=O)N2C1C(=O)O. The number of β-lactam (4-membered cyclic amide) rings is 1. The second-order valence-corrected chi connectivity index (χ2v) is 9.14. The maximum atomic E-state index is 12.3. The van der Waals surface area contributed by atoms with Gasteiger partial charge in [0.2, 0.25) is 5.91 Å². The van der Waals surface area contributed by atoms with Gasteiger partial charge >= 0.3 is 11.9 Å². The van der Waals surface area contributed by atoms with E-state index in [1.165, 1.54) is 51.8 Å². The molecule has 0 bridgehead atoms. The van der Waals surface area contributed by atoms with Crippen LogP contribution in [0.25, 0.3) is 0 Å². The number of esters is 1. The van der Waals surface area contributed by atoms with Crippen LogP contribution in [0.5, 0.6) is 0 Å². The van der Waals surface area contributed by atoms with Gasteiger partial charge in [0.1, 0.15) is 12.6 Å². The van der Waals surface area contributed by atoms with E-state index >= 15 is 0 Å². The van der Waals surface area contributed by atoms with Crippen LogP contribution >= 0.6 is 11.8 Å². The van der Waals surface area contributed by atoms with E-state index in [2.05, 4.69) is 10.3 Å². The first kappa shape index (κ1) is 20.8. The summed E-state index contributed by atoms with van der Waals surface area (Å²) in [5.41, 5.74) is 0.446. The number of hydrogen-bond acceptors (Lipinski definition) is 9. The summed E-state index contributed by atoms with van der Waals surface area (Å²) in [6, 6.07) is 4.60. The molecule has 0 aliphatic carbocycles. The van der Waals surface area contributed by atoms with Crippen LogP contribution in [-0.2, 0) is 27.5 Å². The van der Waals surface area contributed by atoms with E-state index in [1.807, 2.05) is 0 Å². The summed E-state index contributed by atoms with van der Waals surface area (Å²) in [4.78, 5) is 47.4. The molecule has 1 amide bonds. The van der Waals surface area contributed by atoms with Gasteiger partial charge in [-0.2, -0.15) is 0 Å². The van der Waals surface area contributed by atoms with Crippen LogP contribution in [0.1, 0.15) is 29.4 Å². The number of amides is 1. The van der Waals surface area contributed by atoms with Crippen LogP contribution in [0.3, 0.4) is 0 Å².